The normalized spacial score (nSPS) is 16.1. The van der Waals surface area contributed by atoms with Gasteiger partial charge in [0.15, 0.2) is 5.96 Å². The van der Waals surface area contributed by atoms with Crippen molar-refractivity contribution in [2.24, 2.45) is 4.99 Å². The fourth-order valence-corrected chi connectivity index (χ4v) is 3.66. The number of rotatable bonds is 7. The molecule has 1 heterocycles. The minimum absolute atomic E-state index is 0. The molecule has 1 fully saturated rings. The van der Waals surface area contributed by atoms with Crippen molar-refractivity contribution >= 4 is 45.5 Å². The van der Waals surface area contributed by atoms with Gasteiger partial charge in [-0.3, -0.25) is 4.99 Å². The highest BCUT2D eigenvalue weighted by molar-refractivity contribution is 14.0. The second kappa shape index (κ2) is 11.0. The molecule has 1 atom stereocenters. The largest absolute Gasteiger partial charge is 0.372 e. The molecule has 1 aromatic rings. The molecule has 6 nitrogen and oxygen atoms in total. The number of sulfone groups is 1. The number of hydrogen-bond donors (Lipinski definition) is 2. The number of aliphatic imine (C=N–C) groups is 1. The van der Waals surface area contributed by atoms with Crippen LogP contribution in [0.25, 0.3) is 0 Å². The minimum atomic E-state index is -2.91. The Morgan fingerprint density at radius 2 is 2.00 bits per heavy atom. The number of anilines is 1. The van der Waals surface area contributed by atoms with E-state index in [9.17, 15) is 8.42 Å². The third kappa shape index (κ3) is 7.69. The third-order valence-corrected chi connectivity index (χ3v) is 5.43. The predicted molar refractivity (Wildman–Crippen MR) is 121 cm³/mol. The average molecular weight is 494 g/mol. The standard InChI is InChI=1S/C18H30N4O2S.HI/c1-15(21-18(19-2)20-10-7-13-25(3,23)24)16-8-6-9-17(14-16)22-11-4-5-12-22;/h6,8-9,14-15H,4-5,7,10-13H2,1-3H3,(H2,19,20,21);1H. The van der Waals surface area contributed by atoms with E-state index in [-0.39, 0.29) is 35.8 Å². The van der Waals surface area contributed by atoms with Gasteiger partial charge in [0.2, 0.25) is 0 Å². The zero-order valence-electron chi connectivity index (χ0n) is 15.9. The first kappa shape index (κ1) is 23.0. The molecule has 0 spiro atoms. The van der Waals surface area contributed by atoms with Gasteiger partial charge in [-0.05, 0) is 43.9 Å². The van der Waals surface area contributed by atoms with E-state index >= 15 is 0 Å². The maximum atomic E-state index is 11.2. The molecule has 1 unspecified atom stereocenters. The topological polar surface area (TPSA) is 73.8 Å². The van der Waals surface area contributed by atoms with Crippen molar-refractivity contribution in [2.45, 2.75) is 32.2 Å². The number of benzene rings is 1. The van der Waals surface area contributed by atoms with Crippen LogP contribution >= 0.6 is 24.0 Å². The molecule has 2 N–H and O–H groups in total. The molecular formula is C18H31IN4O2S. The van der Waals surface area contributed by atoms with Crippen molar-refractivity contribution in [1.82, 2.24) is 10.6 Å². The summed E-state index contributed by atoms with van der Waals surface area (Å²) in [5, 5.41) is 6.55. The van der Waals surface area contributed by atoms with E-state index in [1.54, 1.807) is 7.05 Å². The molecule has 1 saturated heterocycles. The predicted octanol–water partition coefficient (Wildman–Crippen LogP) is 2.57. The summed E-state index contributed by atoms with van der Waals surface area (Å²) in [5.41, 5.74) is 2.49. The lowest BCUT2D eigenvalue weighted by Gasteiger charge is -2.22. The van der Waals surface area contributed by atoms with Gasteiger partial charge in [-0.15, -0.1) is 24.0 Å². The van der Waals surface area contributed by atoms with E-state index < -0.39 is 9.84 Å². The van der Waals surface area contributed by atoms with Crippen LogP contribution in [0.3, 0.4) is 0 Å². The molecule has 0 bridgehead atoms. The molecule has 0 aliphatic carbocycles. The number of guanidine groups is 1. The smallest absolute Gasteiger partial charge is 0.191 e. The Balaban J connectivity index is 0.00000338. The van der Waals surface area contributed by atoms with Crippen molar-refractivity contribution in [1.29, 1.82) is 0 Å². The molecule has 1 aliphatic heterocycles. The Morgan fingerprint density at radius 3 is 2.62 bits per heavy atom. The van der Waals surface area contributed by atoms with Crippen molar-refractivity contribution in [2.75, 3.05) is 43.6 Å². The highest BCUT2D eigenvalue weighted by atomic mass is 127. The second-order valence-electron chi connectivity index (χ2n) is 6.64. The van der Waals surface area contributed by atoms with E-state index in [4.69, 9.17) is 0 Å². The van der Waals surface area contributed by atoms with Gasteiger partial charge < -0.3 is 15.5 Å². The molecule has 26 heavy (non-hydrogen) atoms. The molecule has 0 aromatic heterocycles. The number of hydrogen-bond acceptors (Lipinski definition) is 4. The molecule has 1 aromatic carbocycles. The maximum absolute atomic E-state index is 11.2. The fraction of sp³-hybridized carbons (Fsp3) is 0.611. The minimum Gasteiger partial charge on any atom is -0.372 e. The van der Waals surface area contributed by atoms with E-state index in [1.165, 1.54) is 30.3 Å². The summed E-state index contributed by atoms with van der Waals surface area (Å²) in [4.78, 5) is 6.65. The Bertz CT molecular complexity index is 688. The van der Waals surface area contributed by atoms with Crippen LogP contribution in [0.2, 0.25) is 0 Å². The molecule has 0 amide bonds. The molecule has 2 rings (SSSR count). The Kier molecular flexibility index (Phi) is 9.70. The third-order valence-electron chi connectivity index (χ3n) is 4.40. The summed E-state index contributed by atoms with van der Waals surface area (Å²) in [6, 6.07) is 8.74. The maximum Gasteiger partial charge on any atom is 0.191 e. The van der Waals surface area contributed by atoms with Crippen molar-refractivity contribution < 1.29 is 8.42 Å². The van der Waals surface area contributed by atoms with Gasteiger partial charge in [-0.25, -0.2) is 8.42 Å². The monoisotopic (exact) mass is 494 g/mol. The zero-order valence-corrected chi connectivity index (χ0v) is 19.0. The first-order chi connectivity index (χ1) is 11.9. The molecule has 0 saturated carbocycles. The Morgan fingerprint density at radius 1 is 1.31 bits per heavy atom. The highest BCUT2D eigenvalue weighted by Crippen LogP contribution is 2.23. The fourth-order valence-electron chi connectivity index (χ4n) is 2.99. The average Bonchev–Trinajstić information content (AvgIpc) is 3.11. The van der Waals surface area contributed by atoms with Gasteiger partial charge in [0.1, 0.15) is 9.84 Å². The van der Waals surface area contributed by atoms with Gasteiger partial charge in [0.25, 0.3) is 0 Å². The summed E-state index contributed by atoms with van der Waals surface area (Å²) in [6.07, 6.45) is 4.36. The van der Waals surface area contributed by atoms with E-state index in [0.29, 0.717) is 18.9 Å². The quantitative estimate of drug-likeness (QED) is 0.264. The molecule has 0 radical (unpaired) electrons. The summed E-state index contributed by atoms with van der Waals surface area (Å²) in [5.74, 6) is 0.873. The highest BCUT2D eigenvalue weighted by Gasteiger charge is 2.14. The van der Waals surface area contributed by atoms with Crippen LogP contribution in [0, 0.1) is 0 Å². The molecule has 8 heteroatoms. The van der Waals surface area contributed by atoms with Crippen LogP contribution in [-0.2, 0) is 9.84 Å². The second-order valence-corrected chi connectivity index (χ2v) is 8.90. The molecule has 1 aliphatic rings. The van der Waals surface area contributed by atoms with Crippen LogP contribution in [0.5, 0.6) is 0 Å². The lowest BCUT2D eigenvalue weighted by atomic mass is 10.1. The first-order valence-electron chi connectivity index (χ1n) is 8.89. The van der Waals surface area contributed by atoms with E-state index in [0.717, 1.165) is 13.1 Å². The van der Waals surface area contributed by atoms with Gasteiger partial charge >= 0.3 is 0 Å². The lowest BCUT2D eigenvalue weighted by Crippen LogP contribution is -2.39. The molecular weight excluding hydrogens is 463 g/mol. The van der Waals surface area contributed by atoms with Crippen molar-refractivity contribution in [3.8, 4) is 0 Å². The number of halogens is 1. The van der Waals surface area contributed by atoms with Crippen LogP contribution < -0.4 is 15.5 Å². The van der Waals surface area contributed by atoms with Gasteiger partial charge in [0.05, 0.1) is 11.8 Å². The summed E-state index contributed by atoms with van der Waals surface area (Å²) < 4.78 is 22.3. The van der Waals surface area contributed by atoms with Gasteiger partial charge in [-0.1, -0.05) is 12.1 Å². The number of nitrogens with zero attached hydrogens (tertiary/aromatic N) is 2. The summed E-state index contributed by atoms with van der Waals surface area (Å²) in [7, 11) is -1.19. The van der Waals surface area contributed by atoms with Crippen LogP contribution in [0.1, 0.15) is 37.8 Å². The SMILES string of the molecule is CN=C(NCCCS(C)(=O)=O)NC(C)c1cccc(N2CCCC2)c1.I. The van der Waals surface area contributed by atoms with E-state index in [1.807, 2.05) is 0 Å². The van der Waals surface area contributed by atoms with Gasteiger partial charge in [0, 0.05) is 38.6 Å². The van der Waals surface area contributed by atoms with Crippen LogP contribution in [-0.4, -0.2) is 53.1 Å². The zero-order chi connectivity index (χ0) is 18.3. The Hall–Kier alpha value is -1.03. The van der Waals surface area contributed by atoms with Crippen LogP contribution in [0.15, 0.2) is 29.3 Å². The summed E-state index contributed by atoms with van der Waals surface area (Å²) in [6.45, 7) is 4.95. The van der Waals surface area contributed by atoms with Crippen molar-refractivity contribution in [3.63, 3.8) is 0 Å². The Labute approximate surface area is 174 Å². The number of nitrogens with one attached hydrogen (secondary N) is 2. The first-order valence-corrected chi connectivity index (χ1v) is 10.9. The van der Waals surface area contributed by atoms with Crippen LogP contribution in [0.4, 0.5) is 5.69 Å². The van der Waals surface area contributed by atoms with E-state index in [2.05, 4.69) is 51.7 Å². The summed E-state index contributed by atoms with van der Waals surface area (Å²) >= 11 is 0. The van der Waals surface area contributed by atoms with Crippen molar-refractivity contribution in [3.05, 3.63) is 29.8 Å². The van der Waals surface area contributed by atoms with Gasteiger partial charge in [-0.2, -0.15) is 0 Å². The molecule has 148 valence electrons. The lowest BCUT2D eigenvalue weighted by molar-refractivity contribution is 0.598.